The number of rotatable bonds is 7. The van der Waals surface area contributed by atoms with Crippen LogP contribution in [0, 0.1) is 13.8 Å². The molecule has 7 heteroatoms. The minimum atomic E-state index is -3.56. The Hall–Kier alpha value is -2.54. The number of nitrogens with zero attached hydrogens (tertiary/aromatic N) is 1. The predicted molar refractivity (Wildman–Crippen MR) is 112 cm³/mol. The van der Waals surface area contributed by atoms with Gasteiger partial charge in [-0.25, -0.2) is 4.79 Å². The highest BCUT2D eigenvalue weighted by molar-refractivity contribution is 7.86. The second-order valence-electron chi connectivity index (χ2n) is 7.07. The zero-order valence-electron chi connectivity index (χ0n) is 17.0. The number of carbonyl (C=O) groups excluding carboxylic acids is 1. The van der Waals surface area contributed by atoms with E-state index in [1.807, 2.05) is 45.9 Å². The van der Waals surface area contributed by atoms with Crippen LogP contribution in [0.5, 0.6) is 5.75 Å². The molecule has 0 saturated heterocycles. The van der Waals surface area contributed by atoms with Crippen LogP contribution < -0.4 is 9.50 Å². The summed E-state index contributed by atoms with van der Waals surface area (Å²) >= 11 is 0. The van der Waals surface area contributed by atoms with Gasteiger partial charge in [0.25, 0.3) is 0 Å². The first-order valence-electron chi connectivity index (χ1n) is 9.22. The maximum atomic E-state index is 12.9. The zero-order chi connectivity index (χ0) is 20.9. The van der Waals surface area contributed by atoms with Crippen molar-refractivity contribution >= 4 is 21.8 Å². The van der Waals surface area contributed by atoms with E-state index < -0.39 is 10.1 Å². The molecular weight excluding hydrogens is 376 g/mol. The van der Waals surface area contributed by atoms with Gasteiger partial charge >= 0.3 is 16.1 Å². The Bertz CT molecular complexity index is 924. The maximum absolute atomic E-state index is 12.9. The molecule has 6 nitrogen and oxygen atoms in total. The molecule has 28 heavy (non-hydrogen) atoms. The molecule has 152 valence electrons. The summed E-state index contributed by atoms with van der Waals surface area (Å²) in [6.45, 7) is 8.43. The minimum absolute atomic E-state index is 0.0395. The summed E-state index contributed by atoms with van der Waals surface area (Å²) in [5.41, 5.74) is 3.84. The van der Waals surface area contributed by atoms with Crippen molar-refractivity contribution in [2.24, 2.45) is 0 Å². The van der Waals surface area contributed by atoms with Gasteiger partial charge in [-0.1, -0.05) is 36.8 Å². The van der Waals surface area contributed by atoms with E-state index in [-0.39, 0.29) is 17.8 Å². The van der Waals surface area contributed by atoms with Crippen LogP contribution in [0.1, 0.15) is 37.0 Å². The summed E-state index contributed by atoms with van der Waals surface area (Å²) in [7, 11) is -3.56. The number of carbonyl (C=O) groups is 1. The molecule has 1 unspecified atom stereocenters. The van der Waals surface area contributed by atoms with Crippen molar-refractivity contribution in [3.05, 3.63) is 59.2 Å². The molecule has 0 spiro atoms. The lowest BCUT2D eigenvalue weighted by Gasteiger charge is -2.29. The van der Waals surface area contributed by atoms with Gasteiger partial charge in [0.1, 0.15) is 5.75 Å². The average molecular weight is 405 g/mol. The van der Waals surface area contributed by atoms with Gasteiger partial charge in [0.2, 0.25) is 0 Å². The van der Waals surface area contributed by atoms with Gasteiger partial charge in [-0.3, -0.25) is 0 Å². The molecule has 0 radical (unpaired) electrons. The second-order valence-corrected chi connectivity index (χ2v) is 8.64. The lowest BCUT2D eigenvalue weighted by atomic mass is 10.1. The highest BCUT2D eigenvalue weighted by atomic mass is 32.2. The number of nitrogens with one attached hydrogen (secondary N) is 1. The maximum Gasteiger partial charge on any atom is 0.322 e. The molecule has 1 N–H and O–H groups in total. The highest BCUT2D eigenvalue weighted by Gasteiger charge is 2.20. The highest BCUT2D eigenvalue weighted by Crippen LogP contribution is 2.20. The predicted octanol–water partition coefficient (Wildman–Crippen LogP) is 4.47. The molecule has 2 amide bonds. The minimum Gasteiger partial charge on any atom is -0.383 e. The summed E-state index contributed by atoms with van der Waals surface area (Å²) in [6, 6.07) is 12.5. The Morgan fingerprint density at radius 3 is 2.32 bits per heavy atom. The van der Waals surface area contributed by atoms with Crippen LogP contribution in [-0.4, -0.2) is 31.6 Å². The van der Waals surface area contributed by atoms with Gasteiger partial charge in [-0.2, -0.15) is 8.42 Å². The molecule has 2 aromatic carbocycles. The van der Waals surface area contributed by atoms with Gasteiger partial charge in [0.05, 0.1) is 6.26 Å². The summed E-state index contributed by atoms with van der Waals surface area (Å²) in [6.07, 6.45) is 1.82. The summed E-state index contributed by atoms with van der Waals surface area (Å²) in [5, 5.41) is 3.00. The van der Waals surface area contributed by atoms with E-state index in [9.17, 15) is 13.2 Å². The van der Waals surface area contributed by atoms with Crippen LogP contribution in [0.25, 0.3) is 0 Å². The number of amides is 2. The molecule has 2 aromatic rings. The van der Waals surface area contributed by atoms with Crippen LogP contribution in [0.4, 0.5) is 10.5 Å². The smallest absolute Gasteiger partial charge is 0.322 e. The van der Waals surface area contributed by atoms with Crippen molar-refractivity contribution in [3.63, 3.8) is 0 Å². The van der Waals surface area contributed by atoms with Gasteiger partial charge in [-0.15, -0.1) is 0 Å². The summed E-state index contributed by atoms with van der Waals surface area (Å²) < 4.78 is 27.3. The Balaban J connectivity index is 2.15. The topological polar surface area (TPSA) is 75.7 Å². The Kier molecular flexibility index (Phi) is 7.07. The first-order chi connectivity index (χ1) is 13.1. The van der Waals surface area contributed by atoms with Gasteiger partial charge in [0.15, 0.2) is 0 Å². The first kappa shape index (κ1) is 21.8. The standard InChI is InChI=1S/C21H28N2O4S/c1-6-17(4)23(21(24)22-20-12-7-15(2)13-16(20)3)14-18-8-10-19(11-9-18)27-28(5,25)26/h7-13,17H,6,14H2,1-5H3,(H,22,24). The fourth-order valence-corrected chi connectivity index (χ4v) is 3.27. The molecule has 0 aliphatic carbocycles. The van der Waals surface area contributed by atoms with E-state index in [0.717, 1.165) is 35.1 Å². The normalized spacial score (nSPS) is 12.3. The zero-order valence-corrected chi connectivity index (χ0v) is 17.8. The van der Waals surface area contributed by atoms with Crippen LogP contribution >= 0.6 is 0 Å². The molecule has 0 saturated carbocycles. The number of anilines is 1. The average Bonchev–Trinajstić information content (AvgIpc) is 2.61. The van der Waals surface area contributed by atoms with E-state index in [0.29, 0.717) is 6.54 Å². The largest absolute Gasteiger partial charge is 0.383 e. The van der Waals surface area contributed by atoms with E-state index in [1.165, 1.54) is 0 Å². The molecule has 0 fully saturated rings. The van der Waals surface area contributed by atoms with Crippen molar-refractivity contribution in [2.45, 2.75) is 46.7 Å². The number of hydrogen-bond acceptors (Lipinski definition) is 4. The third-order valence-electron chi connectivity index (χ3n) is 4.53. The van der Waals surface area contributed by atoms with E-state index in [1.54, 1.807) is 29.2 Å². The van der Waals surface area contributed by atoms with Crippen LogP contribution in [0.2, 0.25) is 0 Å². The van der Waals surface area contributed by atoms with Gasteiger partial charge < -0.3 is 14.4 Å². The fraction of sp³-hybridized carbons (Fsp3) is 0.381. The number of hydrogen-bond donors (Lipinski definition) is 1. The van der Waals surface area contributed by atoms with Crippen molar-refractivity contribution in [3.8, 4) is 5.75 Å². The molecule has 0 aliphatic heterocycles. The fourth-order valence-electron chi connectivity index (χ4n) is 2.81. The SMILES string of the molecule is CCC(C)N(Cc1ccc(OS(C)(=O)=O)cc1)C(=O)Nc1ccc(C)cc1C. The molecule has 0 aromatic heterocycles. The van der Waals surface area contributed by atoms with Gasteiger partial charge in [0, 0.05) is 18.3 Å². The van der Waals surface area contributed by atoms with Crippen molar-refractivity contribution in [1.82, 2.24) is 4.90 Å². The quantitative estimate of drug-likeness (QED) is 0.691. The lowest BCUT2D eigenvalue weighted by molar-refractivity contribution is 0.187. The summed E-state index contributed by atoms with van der Waals surface area (Å²) in [4.78, 5) is 14.7. The third kappa shape index (κ3) is 6.27. The molecule has 0 bridgehead atoms. The van der Waals surface area contributed by atoms with E-state index >= 15 is 0 Å². The molecule has 1 atom stereocenters. The number of urea groups is 1. The molecular formula is C21H28N2O4S. The van der Waals surface area contributed by atoms with Crippen molar-refractivity contribution in [2.75, 3.05) is 11.6 Å². The monoisotopic (exact) mass is 404 g/mol. The van der Waals surface area contributed by atoms with Crippen molar-refractivity contribution < 1.29 is 17.4 Å². The Morgan fingerprint density at radius 2 is 1.79 bits per heavy atom. The Labute approximate surface area is 167 Å². The summed E-state index contributed by atoms with van der Waals surface area (Å²) in [5.74, 6) is 0.251. The molecule has 2 rings (SSSR count). The molecule has 0 aliphatic rings. The van der Waals surface area contributed by atoms with Crippen LogP contribution in [-0.2, 0) is 16.7 Å². The van der Waals surface area contributed by atoms with Crippen LogP contribution in [0.15, 0.2) is 42.5 Å². The number of aryl methyl sites for hydroxylation is 2. The van der Waals surface area contributed by atoms with E-state index in [4.69, 9.17) is 4.18 Å². The van der Waals surface area contributed by atoms with Crippen molar-refractivity contribution in [1.29, 1.82) is 0 Å². The first-order valence-corrected chi connectivity index (χ1v) is 11.0. The van der Waals surface area contributed by atoms with Crippen LogP contribution in [0.3, 0.4) is 0 Å². The third-order valence-corrected chi connectivity index (χ3v) is 5.03. The lowest BCUT2D eigenvalue weighted by Crippen LogP contribution is -2.40. The van der Waals surface area contributed by atoms with E-state index in [2.05, 4.69) is 5.32 Å². The Morgan fingerprint density at radius 1 is 1.14 bits per heavy atom. The second kappa shape index (κ2) is 9.10. The molecule has 0 heterocycles. The van der Waals surface area contributed by atoms with Gasteiger partial charge in [-0.05, 0) is 56.5 Å². The number of benzene rings is 2.